The third kappa shape index (κ3) is 3.70. The van der Waals surface area contributed by atoms with Gasteiger partial charge in [-0.15, -0.1) is 0 Å². The number of sulfonamides is 1. The van der Waals surface area contributed by atoms with E-state index in [2.05, 4.69) is 4.72 Å². The van der Waals surface area contributed by atoms with E-state index in [9.17, 15) is 17.6 Å². The first-order chi connectivity index (χ1) is 11.3. The topological polar surface area (TPSA) is 75.7 Å². The molecule has 1 saturated carbocycles. The van der Waals surface area contributed by atoms with Crippen molar-refractivity contribution in [3.8, 4) is 5.75 Å². The van der Waals surface area contributed by atoms with Crippen molar-refractivity contribution in [1.82, 2.24) is 9.62 Å². The predicted octanol–water partition coefficient (Wildman–Crippen LogP) is 1.23. The van der Waals surface area contributed by atoms with Gasteiger partial charge in [-0.2, -0.15) is 0 Å². The number of methoxy groups -OCH3 is 1. The second kappa shape index (κ2) is 6.33. The summed E-state index contributed by atoms with van der Waals surface area (Å²) in [4.78, 5) is 14.4. The first kappa shape index (κ1) is 17.2. The van der Waals surface area contributed by atoms with Crippen molar-refractivity contribution in [2.45, 2.75) is 18.9 Å². The highest BCUT2D eigenvalue weighted by molar-refractivity contribution is 7.88. The minimum atomic E-state index is -3.35. The van der Waals surface area contributed by atoms with Gasteiger partial charge in [0, 0.05) is 19.1 Å². The molecular weight excluding hydrogens is 335 g/mol. The Hall–Kier alpha value is -1.67. The van der Waals surface area contributed by atoms with Gasteiger partial charge < -0.3 is 9.64 Å². The molecule has 2 atom stereocenters. The first-order valence-electron chi connectivity index (χ1n) is 7.88. The molecule has 2 aliphatic rings. The molecule has 1 N–H and O–H groups in total. The summed E-state index contributed by atoms with van der Waals surface area (Å²) in [5, 5.41) is 0. The summed E-state index contributed by atoms with van der Waals surface area (Å²) < 4.78 is 44.5. The Balaban J connectivity index is 1.82. The van der Waals surface area contributed by atoms with Crippen LogP contribution in [0, 0.1) is 17.7 Å². The fourth-order valence-electron chi connectivity index (χ4n) is 3.41. The summed E-state index contributed by atoms with van der Waals surface area (Å²) in [7, 11) is -1.93. The quantitative estimate of drug-likeness (QED) is 0.861. The molecule has 1 aliphatic carbocycles. The molecule has 0 aromatic heterocycles. The van der Waals surface area contributed by atoms with Crippen LogP contribution in [-0.4, -0.2) is 51.7 Å². The van der Waals surface area contributed by atoms with Crippen LogP contribution in [0.3, 0.4) is 0 Å². The molecule has 0 radical (unpaired) electrons. The van der Waals surface area contributed by atoms with E-state index in [1.54, 1.807) is 4.90 Å². The Morgan fingerprint density at radius 2 is 2.04 bits per heavy atom. The molecule has 0 unspecified atom stereocenters. The number of benzene rings is 1. The standard InChI is InChI=1S/C16H21FN2O4S/c1-23-15-6-5-11(17)7-12(15)16(20)19-8-13(10-3-4-10)14(9-19)18-24(2,21)22/h5-7,10,13-14,18H,3-4,8-9H2,1-2H3/t13-,14+/m1/s1. The Morgan fingerprint density at radius 1 is 1.33 bits per heavy atom. The van der Waals surface area contributed by atoms with E-state index in [0.29, 0.717) is 18.2 Å². The lowest BCUT2D eigenvalue weighted by molar-refractivity contribution is 0.0780. The molecule has 1 saturated heterocycles. The smallest absolute Gasteiger partial charge is 0.257 e. The lowest BCUT2D eigenvalue weighted by Gasteiger charge is -2.18. The largest absolute Gasteiger partial charge is 0.496 e. The van der Waals surface area contributed by atoms with E-state index >= 15 is 0 Å². The van der Waals surface area contributed by atoms with Crippen LogP contribution in [-0.2, 0) is 10.0 Å². The SMILES string of the molecule is COc1ccc(F)cc1C(=O)N1C[C@H](NS(C)(=O)=O)[C@@H](C2CC2)C1. The maximum absolute atomic E-state index is 13.5. The number of halogens is 1. The summed E-state index contributed by atoms with van der Waals surface area (Å²) in [6.07, 6.45) is 3.23. The molecule has 132 valence electrons. The van der Waals surface area contributed by atoms with Crippen LogP contribution in [0.2, 0.25) is 0 Å². The fraction of sp³-hybridized carbons (Fsp3) is 0.562. The molecule has 6 nitrogen and oxygen atoms in total. The Kier molecular flexibility index (Phi) is 4.52. The monoisotopic (exact) mass is 356 g/mol. The number of amides is 1. The normalized spacial score (nSPS) is 24.2. The van der Waals surface area contributed by atoms with Crippen LogP contribution in [0.25, 0.3) is 0 Å². The van der Waals surface area contributed by atoms with Crippen LogP contribution in [0.1, 0.15) is 23.2 Å². The minimum absolute atomic E-state index is 0.100. The molecule has 1 aromatic rings. The van der Waals surface area contributed by atoms with Gasteiger partial charge in [-0.25, -0.2) is 17.5 Å². The van der Waals surface area contributed by atoms with Crippen molar-refractivity contribution < 1.29 is 22.3 Å². The number of hydrogen-bond acceptors (Lipinski definition) is 4. The highest BCUT2D eigenvalue weighted by Crippen LogP contribution is 2.42. The maximum atomic E-state index is 13.5. The number of rotatable bonds is 5. The summed E-state index contributed by atoms with van der Waals surface area (Å²) in [5.74, 6) is 0.00119. The fourth-order valence-corrected chi connectivity index (χ4v) is 4.21. The molecule has 0 bridgehead atoms. The van der Waals surface area contributed by atoms with Gasteiger partial charge in [0.1, 0.15) is 11.6 Å². The number of carbonyl (C=O) groups excluding carboxylic acids is 1. The summed E-state index contributed by atoms with van der Waals surface area (Å²) in [5.41, 5.74) is 0.159. The molecule has 2 fully saturated rings. The van der Waals surface area contributed by atoms with Gasteiger partial charge in [-0.05, 0) is 42.9 Å². The third-order valence-corrected chi connectivity index (χ3v) is 5.37. The Labute approximate surface area is 141 Å². The number of nitrogens with zero attached hydrogens (tertiary/aromatic N) is 1. The van der Waals surface area contributed by atoms with Crippen LogP contribution in [0.5, 0.6) is 5.75 Å². The van der Waals surface area contributed by atoms with Gasteiger partial charge in [-0.1, -0.05) is 0 Å². The minimum Gasteiger partial charge on any atom is -0.496 e. The second-order valence-corrected chi connectivity index (χ2v) is 8.33. The highest BCUT2D eigenvalue weighted by atomic mass is 32.2. The summed E-state index contributed by atoms with van der Waals surface area (Å²) in [6, 6.07) is 3.52. The van der Waals surface area contributed by atoms with E-state index in [4.69, 9.17) is 4.74 Å². The van der Waals surface area contributed by atoms with Gasteiger partial charge in [0.2, 0.25) is 10.0 Å². The van der Waals surface area contributed by atoms with Crippen molar-refractivity contribution in [2.75, 3.05) is 26.5 Å². The molecule has 1 heterocycles. The summed E-state index contributed by atoms with van der Waals surface area (Å²) >= 11 is 0. The molecule has 1 aliphatic heterocycles. The predicted molar refractivity (Wildman–Crippen MR) is 86.8 cm³/mol. The van der Waals surface area contributed by atoms with Crippen molar-refractivity contribution in [2.24, 2.45) is 11.8 Å². The lowest BCUT2D eigenvalue weighted by atomic mass is 9.99. The molecule has 0 spiro atoms. The summed E-state index contributed by atoms with van der Waals surface area (Å²) in [6.45, 7) is 0.753. The van der Waals surface area contributed by atoms with Crippen molar-refractivity contribution in [3.05, 3.63) is 29.6 Å². The lowest BCUT2D eigenvalue weighted by Crippen LogP contribution is -2.41. The highest BCUT2D eigenvalue weighted by Gasteiger charge is 2.45. The second-order valence-electron chi connectivity index (χ2n) is 6.55. The van der Waals surface area contributed by atoms with Crippen LogP contribution < -0.4 is 9.46 Å². The van der Waals surface area contributed by atoms with E-state index in [1.807, 2.05) is 0 Å². The Morgan fingerprint density at radius 3 is 2.62 bits per heavy atom. The number of likely N-dealkylation sites (tertiary alicyclic amines) is 1. The zero-order valence-corrected chi connectivity index (χ0v) is 14.5. The number of ether oxygens (including phenoxy) is 1. The maximum Gasteiger partial charge on any atom is 0.257 e. The molecule has 24 heavy (non-hydrogen) atoms. The van der Waals surface area contributed by atoms with Crippen LogP contribution in [0.15, 0.2) is 18.2 Å². The third-order valence-electron chi connectivity index (χ3n) is 4.64. The molecular formula is C16H21FN2O4S. The van der Waals surface area contributed by atoms with Crippen molar-refractivity contribution in [3.63, 3.8) is 0 Å². The number of nitrogens with one attached hydrogen (secondary N) is 1. The van der Waals surface area contributed by atoms with Gasteiger partial charge in [-0.3, -0.25) is 4.79 Å². The van der Waals surface area contributed by atoms with Crippen molar-refractivity contribution in [1.29, 1.82) is 0 Å². The van der Waals surface area contributed by atoms with Crippen LogP contribution >= 0.6 is 0 Å². The molecule has 3 rings (SSSR count). The van der Waals surface area contributed by atoms with E-state index in [-0.39, 0.29) is 30.0 Å². The zero-order chi connectivity index (χ0) is 17.5. The average molecular weight is 356 g/mol. The zero-order valence-electron chi connectivity index (χ0n) is 13.7. The van der Waals surface area contributed by atoms with Gasteiger partial charge in [0.25, 0.3) is 5.91 Å². The molecule has 1 aromatic carbocycles. The van der Waals surface area contributed by atoms with E-state index in [1.165, 1.54) is 19.2 Å². The first-order valence-corrected chi connectivity index (χ1v) is 9.78. The molecule has 8 heteroatoms. The number of carbonyl (C=O) groups is 1. The van der Waals surface area contributed by atoms with E-state index in [0.717, 1.165) is 25.2 Å². The van der Waals surface area contributed by atoms with E-state index < -0.39 is 15.8 Å². The van der Waals surface area contributed by atoms with Crippen molar-refractivity contribution >= 4 is 15.9 Å². The van der Waals surface area contributed by atoms with Gasteiger partial charge >= 0.3 is 0 Å². The van der Waals surface area contributed by atoms with Crippen LogP contribution in [0.4, 0.5) is 4.39 Å². The Bertz CT molecular complexity index is 748. The average Bonchev–Trinajstić information content (AvgIpc) is 3.27. The number of hydrogen-bond donors (Lipinski definition) is 1. The van der Waals surface area contributed by atoms with Gasteiger partial charge in [0.05, 0.1) is 18.9 Å². The molecule has 1 amide bonds. The van der Waals surface area contributed by atoms with Gasteiger partial charge in [0.15, 0.2) is 0 Å².